The summed E-state index contributed by atoms with van der Waals surface area (Å²) in [4.78, 5) is 29.7. The second kappa shape index (κ2) is 9.25. The molecule has 0 saturated heterocycles. The Balaban J connectivity index is 2.40. The van der Waals surface area contributed by atoms with Crippen molar-refractivity contribution < 1.29 is 40.7 Å². The second-order valence-electron chi connectivity index (χ2n) is 6.67. The molecule has 0 bridgehead atoms. The standard InChI is InChI=1S/C19H18F6N2O3S/c1-4-30-17(29)14-9-31-15(26-14)8-27(10(2)3)16(28)11-5-12(18(20,21)22)7-13(6-11)19(23,24)25/h5-7,9-10H,4,8H2,1-3H3. The van der Waals surface area contributed by atoms with E-state index in [9.17, 15) is 35.9 Å². The molecular weight excluding hydrogens is 450 g/mol. The summed E-state index contributed by atoms with van der Waals surface area (Å²) in [5.41, 5.74) is -3.91. The van der Waals surface area contributed by atoms with Gasteiger partial charge in [-0.25, -0.2) is 9.78 Å². The quantitative estimate of drug-likeness (QED) is 0.420. The van der Waals surface area contributed by atoms with Crippen LogP contribution in [0.4, 0.5) is 26.3 Å². The minimum absolute atomic E-state index is 0.00330. The van der Waals surface area contributed by atoms with Crippen LogP contribution in [0.1, 0.15) is 57.8 Å². The van der Waals surface area contributed by atoms with Crippen LogP contribution in [-0.4, -0.2) is 34.4 Å². The van der Waals surface area contributed by atoms with Gasteiger partial charge in [0.1, 0.15) is 5.01 Å². The number of amides is 1. The highest BCUT2D eigenvalue weighted by Gasteiger charge is 2.38. The van der Waals surface area contributed by atoms with E-state index in [1.807, 2.05) is 0 Å². The minimum Gasteiger partial charge on any atom is -0.461 e. The number of aromatic nitrogens is 1. The van der Waals surface area contributed by atoms with Crippen LogP contribution in [0.3, 0.4) is 0 Å². The summed E-state index contributed by atoms with van der Waals surface area (Å²) >= 11 is 1.01. The minimum atomic E-state index is -5.07. The van der Waals surface area contributed by atoms with Gasteiger partial charge in [0.2, 0.25) is 0 Å². The number of nitrogens with zero attached hydrogens (tertiary/aromatic N) is 2. The summed E-state index contributed by atoms with van der Waals surface area (Å²) in [6.07, 6.45) is -10.1. The number of hydrogen-bond acceptors (Lipinski definition) is 5. The van der Waals surface area contributed by atoms with E-state index in [-0.39, 0.29) is 29.9 Å². The molecule has 0 aliphatic carbocycles. The van der Waals surface area contributed by atoms with Crippen molar-refractivity contribution in [2.45, 2.75) is 45.7 Å². The number of halogens is 6. The number of hydrogen-bond donors (Lipinski definition) is 0. The lowest BCUT2D eigenvalue weighted by Gasteiger charge is -2.26. The lowest BCUT2D eigenvalue weighted by Crippen LogP contribution is -2.36. The van der Waals surface area contributed by atoms with Crippen molar-refractivity contribution in [1.29, 1.82) is 0 Å². The molecule has 0 saturated carbocycles. The van der Waals surface area contributed by atoms with Crippen molar-refractivity contribution in [2.24, 2.45) is 0 Å². The highest BCUT2D eigenvalue weighted by Crippen LogP contribution is 2.36. The predicted molar refractivity (Wildman–Crippen MR) is 99.5 cm³/mol. The van der Waals surface area contributed by atoms with Crippen LogP contribution in [0.15, 0.2) is 23.6 Å². The number of alkyl halides is 6. The summed E-state index contributed by atoms with van der Waals surface area (Å²) in [7, 11) is 0. The third-order valence-corrected chi connectivity index (χ3v) is 4.89. The maximum absolute atomic E-state index is 13.1. The molecule has 5 nitrogen and oxygen atoms in total. The highest BCUT2D eigenvalue weighted by molar-refractivity contribution is 7.09. The summed E-state index contributed by atoms with van der Waals surface area (Å²) < 4.78 is 83.4. The third-order valence-electron chi connectivity index (χ3n) is 4.06. The topological polar surface area (TPSA) is 59.5 Å². The van der Waals surface area contributed by atoms with E-state index in [2.05, 4.69) is 4.98 Å². The predicted octanol–water partition coefficient (Wildman–Crippen LogP) is 5.41. The average Bonchev–Trinajstić information content (AvgIpc) is 3.12. The van der Waals surface area contributed by atoms with E-state index in [4.69, 9.17) is 4.74 Å². The van der Waals surface area contributed by atoms with Gasteiger partial charge >= 0.3 is 18.3 Å². The first-order valence-electron chi connectivity index (χ1n) is 8.96. The van der Waals surface area contributed by atoms with Crippen molar-refractivity contribution in [3.63, 3.8) is 0 Å². The molecule has 0 radical (unpaired) electrons. The first kappa shape index (κ1) is 24.6. The fraction of sp³-hybridized carbons (Fsp3) is 0.421. The van der Waals surface area contributed by atoms with E-state index < -0.39 is 47.0 Å². The molecule has 0 unspecified atom stereocenters. The van der Waals surface area contributed by atoms with E-state index in [0.717, 1.165) is 16.2 Å². The van der Waals surface area contributed by atoms with Gasteiger partial charge in [0, 0.05) is 17.0 Å². The molecule has 1 amide bonds. The lowest BCUT2D eigenvalue weighted by molar-refractivity contribution is -0.143. The molecule has 0 spiro atoms. The monoisotopic (exact) mass is 468 g/mol. The Morgan fingerprint density at radius 1 is 1.06 bits per heavy atom. The van der Waals surface area contributed by atoms with Gasteiger partial charge in [-0.05, 0) is 39.0 Å². The zero-order valence-corrected chi connectivity index (χ0v) is 17.4. The number of carbonyl (C=O) groups excluding carboxylic acids is 2. The molecule has 0 aliphatic heterocycles. The molecule has 12 heteroatoms. The van der Waals surface area contributed by atoms with Crippen molar-refractivity contribution in [2.75, 3.05) is 6.61 Å². The van der Waals surface area contributed by atoms with Crippen LogP contribution in [-0.2, 0) is 23.6 Å². The normalized spacial score (nSPS) is 12.2. The lowest BCUT2D eigenvalue weighted by atomic mass is 10.0. The zero-order valence-electron chi connectivity index (χ0n) is 16.6. The molecule has 0 aliphatic rings. The molecule has 0 atom stereocenters. The van der Waals surface area contributed by atoms with Gasteiger partial charge in [-0.1, -0.05) is 0 Å². The first-order chi connectivity index (χ1) is 14.2. The van der Waals surface area contributed by atoms with Gasteiger partial charge in [-0.2, -0.15) is 26.3 Å². The maximum Gasteiger partial charge on any atom is 0.416 e. The molecule has 1 heterocycles. The number of ether oxygens (including phenoxy) is 1. The van der Waals surface area contributed by atoms with Crippen LogP contribution >= 0.6 is 11.3 Å². The fourth-order valence-corrected chi connectivity index (χ4v) is 3.32. The zero-order chi connectivity index (χ0) is 23.6. The van der Waals surface area contributed by atoms with E-state index in [0.29, 0.717) is 12.1 Å². The Hall–Kier alpha value is -2.63. The Morgan fingerprint density at radius 3 is 2.06 bits per heavy atom. The van der Waals surface area contributed by atoms with Crippen molar-refractivity contribution in [3.05, 3.63) is 51.0 Å². The van der Waals surface area contributed by atoms with E-state index in [1.54, 1.807) is 20.8 Å². The van der Waals surface area contributed by atoms with Gasteiger partial charge < -0.3 is 9.64 Å². The Morgan fingerprint density at radius 2 is 1.61 bits per heavy atom. The van der Waals surface area contributed by atoms with Crippen LogP contribution in [0, 0.1) is 0 Å². The van der Waals surface area contributed by atoms with Crippen LogP contribution in [0.25, 0.3) is 0 Å². The van der Waals surface area contributed by atoms with Crippen molar-refractivity contribution in [1.82, 2.24) is 9.88 Å². The molecule has 2 aromatic rings. The van der Waals surface area contributed by atoms with Gasteiger partial charge in [0.25, 0.3) is 5.91 Å². The van der Waals surface area contributed by atoms with Gasteiger partial charge in [0.15, 0.2) is 5.69 Å². The second-order valence-corrected chi connectivity index (χ2v) is 7.61. The third kappa shape index (κ3) is 6.18. The maximum atomic E-state index is 13.1. The Bertz CT molecular complexity index is 921. The largest absolute Gasteiger partial charge is 0.461 e. The fourth-order valence-electron chi connectivity index (χ4n) is 2.56. The highest BCUT2D eigenvalue weighted by atomic mass is 32.1. The average molecular weight is 468 g/mol. The molecule has 2 rings (SSSR count). The Kier molecular flexibility index (Phi) is 7.35. The summed E-state index contributed by atoms with van der Waals surface area (Å²) in [6.45, 7) is 4.62. The number of esters is 1. The van der Waals surface area contributed by atoms with Gasteiger partial charge in [-0.3, -0.25) is 4.79 Å². The molecule has 1 aromatic heterocycles. The smallest absolute Gasteiger partial charge is 0.416 e. The number of benzene rings is 1. The SMILES string of the molecule is CCOC(=O)c1csc(CN(C(=O)c2cc(C(F)(F)F)cc(C(F)(F)F)c2)C(C)C)n1. The van der Waals surface area contributed by atoms with E-state index in [1.165, 1.54) is 5.38 Å². The number of thiazole rings is 1. The molecule has 1 aromatic carbocycles. The molecule has 170 valence electrons. The Labute approximate surface area is 177 Å². The number of carbonyl (C=O) groups is 2. The molecular formula is C19H18F6N2O3S. The van der Waals surface area contributed by atoms with Crippen molar-refractivity contribution in [3.8, 4) is 0 Å². The van der Waals surface area contributed by atoms with Crippen LogP contribution < -0.4 is 0 Å². The molecule has 31 heavy (non-hydrogen) atoms. The van der Waals surface area contributed by atoms with Crippen LogP contribution in [0.2, 0.25) is 0 Å². The summed E-state index contributed by atoms with van der Waals surface area (Å²) in [5, 5.41) is 1.66. The van der Waals surface area contributed by atoms with Crippen molar-refractivity contribution >= 4 is 23.2 Å². The van der Waals surface area contributed by atoms with Crippen LogP contribution in [0.5, 0.6) is 0 Å². The van der Waals surface area contributed by atoms with Gasteiger partial charge in [-0.15, -0.1) is 11.3 Å². The molecule has 0 fully saturated rings. The first-order valence-corrected chi connectivity index (χ1v) is 9.84. The van der Waals surface area contributed by atoms with E-state index >= 15 is 0 Å². The molecule has 0 N–H and O–H groups in total. The summed E-state index contributed by atoms with van der Waals surface area (Å²) in [5.74, 6) is -1.71. The number of rotatable bonds is 6. The summed E-state index contributed by atoms with van der Waals surface area (Å²) in [6, 6.07) is 0.159. The van der Waals surface area contributed by atoms with Gasteiger partial charge in [0.05, 0.1) is 24.3 Å².